The van der Waals surface area contributed by atoms with Gasteiger partial charge in [0.2, 0.25) is 0 Å². The van der Waals surface area contributed by atoms with E-state index in [9.17, 15) is 13.2 Å². The minimum atomic E-state index is -4.24. The smallest absolute Gasteiger partial charge is 0.401 e. The summed E-state index contributed by atoms with van der Waals surface area (Å²) in [6, 6.07) is 11.4. The Morgan fingerprint density at radius 2 is 1.83 bits per heavy atom. The first-order valence-corrected chi connectivity index (χ1v) is 10.00. The number of alkyl halides is 3. The zero-order valence-corrected chi connectivity index (χ0v) is 17.1. The summed E-state index contributed by atoms with van der Waals surface area (Å²) in [5.74, 6) is 1.15. The van der Waals surface area contributed by atoms with E-state index in [1.165, 1.54) is 0 Å². The average Bonchev–Trinajstić information content (AvgIpc) is 3.14. The Morgan fingerprint density at radius 1 is 1.10 bits per heavy atom. The third-order valence-electron chi connectivity index (χ3n) is 5.86. The van der Waals surface area contributed by atoms with Crippen LogP contribution >= 0.6 is 0 Å². The van der Waals surface area contributed by atoms with Crippen molar-refractivity contribution in [2.45, 2.75) is 31.5 Å². The normalized spacial score (nSPS) is 17.2. The number of ether oxygens (including phenoxy) is 2. The minimum Gasteiger partial charge on any atom is -0.493 e. The first-order chi connectivity index (χ1) is 14.4. The Labute approximate surface area is 173 Å². The highest BCUT2D eigenvalue weighted by molar-refractivity contribution is 5.83. The number of H-pyrrole nitrogens is 1. The lowest BCUT2D eigenvalue weighted by Crippen LogP contribution is -2.41. The monoisotopic (exact) mass is 418 g/mol. The molecule has 0 fully saturated rings. The Morgan fingerprint density at radius 3 is 2.57 bits per heavy atom. The fourth-order valence-corrected chi connectivity index (χ4v) is 4.47. The molecule has 0 radical (unpaired) electrons. The van der Waals surface area contributed by atoms with Crippen LogP contribution in [0, 0.1) is 0 Å². The van der Waals surface area contributed by atoms with Crippen LogP contribution in [0.3, 0.4) is 0 Å². The van der Waals surface area contributed by atoms with Crippen molar-refractivity contribution in [2.75, 3.05) is 27.3 Å². The molecule has 2 heterocycles. The van der Waals surface area contributed by atoms with E-state index in [4.69, 9.17) is 9.47 Å². The number of aromatic amines is 1. The maximum Gasteiger partial charge on any atom is 0.401 e. The number of hydrogen-bond donors (Lipinski definition) is 1. The Bertz CT molecular complexity index is 1030. The highest BCUT2D eigenvalue weighted by Crippen LogP contribution is 2.41. The molecule has 0 aliphatic carbocycles. The van der Waals surface area contributed by atoms with Gasteiger partial charge in [-0.15, -0.1) is 0 Å². The number of rotatable bonds is 6. The van der Waals surface area contributed by atoms with Crippen LogP contribution < -0.4 is 9.47 Å². The van der Waals surface area contributed by atoms with Crippen LogP contribution in [0.1, 0.15) is 29.2 Å². The summed E-state index contributed by atoms with van der Waals surface area (Å²) in [5, 5.41) is 1.11. The second-order valence-corrected chi connectivity index (χ2v) is 7.66. The van der Waals surface area contributed by atoms with E-state index >= 15 is 0 Å². The van der Waals surface area contributed by atoms with E-state index in [0.717, 1.165) is 27.6 Å². The number of nitrogens with zero attached hydrogens (tertiary/aromatic N) is 1. The Hall–Kier alpha value is -2.67. The zero-order chi connectivity index (χ0) is 21.3. The molecule has 1 N–H and O–H groups in total. The van der Waals surface area contributed by atoms with Crippen molar-refractivity contribution >= 4 is 10.9 Å². The first kappa shape index (κ1) is 20.6. The van der Waals surface area contributed by atoms with Gasteiger partial charge in [-0.05, 0) is 54.2 Å². The molecule has 3 aromatic rings. The van der Waals surface area contributed by atoms with Gasteiger partial charge in [0.1, 0.15) is 0 Å². The molecule has 1 aliphatic rings. The van der Waals surface area contributed by atoms with Gasteiger partial charge in [0, 0.05) is 29.7 Å². The maximum absolute atomic E-state index is 13.3. The molecule has 0 spiro atoms. The number of methoxy groups -OCH3 is 2. The average molecular weight is 418 g/mol. The van der Waals surface area contributed by atoms with E-state index in [1.807, 2.05) is 42.6 Å². The quantitative estimate of drug-likeness (QED) is 0.592. The van der Waals surface area contributed by atoms with Gasteiger partial charge in [0.05, 0.1) is 20.8 Å². The van der Waals surface area contributed by atoms with Gasteiger partial charge < -0.3 is 14.5 Å². The van der Waals surface area contributed by atoms with Gasteiger partial charge in [-0.25, -0.2) is 0 Å². The van der Waals surface area contributed by atoms with Gasteiger partial charge >= 0.3 is 6.18 Å². The molecule has 2 aromatic carbocycles. The lowest BCUT2D eigenvalue weighted by Gasteiger charge is -2.38. The molecule has 1 atom stereocenters. The van der Waals surface area contributed by atoms with Crippen molar-refractivity contribution in [1.29, 1.82) is 0 Å². The fourth-order valence-electron chi connectivity index (χ4n) is 4.47. The maximum atomic E-state index is 13.3. The highest BCUT2D eigenvalue weighted by atomic mass is 19.4. The van der Waals surface area contributed by atoms with Crippen LogP contribution in [-0.2, 0) is 12.8 Å². The third-order valence-corrected chi connectivity index (χ3v) is 5.86. The van der Waals surface area contributed by atoms with E-state index in [2.05, 4.69) is 4.98 Å². The Balaban J connectivity index is 1.67. The van der Waals surface area contributed by atoms with Crippen molar-refractivity contribution in [3.63, 3.8) is 0 Å². The third kappa shape index (κ3) is 4.12. The summed E-state index contributed by atoms with van der Waals surface area (Å²) in [6.07, 6.45) is -0.475. The van der Waals surface area contributed by atoms with Gasteiger partial charge in [-0.2, -0.15) is 13.2 Å². The predicted molar refractivity (Wildman–Crippen MR) is 110 cm³/mol. The zero-order valence-electron chi connectivity index (χ0n) is 17.1. The topological polar surface area (TPSA) is 37.5 Å². The van der Waals surface area contributed by atoms with Crippen LogP contribution in [0.5, 0.6) is 11.5 Å². The molecule has 7 heteroatoms. The second kappa shape index (κ2) is 8.22. The second-order valence-electron chi connectivity index (χ2n) is 7.66. The number of halogens is 3. The molecule has 0 saturated heterocycles. The lowest BCUT2D eigenvalue weighted by atomic mass is 9.88. The summed E-state index contributed by atoms with van der Waals surface area (Å²) >= 11 is 0. The van der Waals surface area contributed by atoms with Crippen LogP contribution in [0.15, 0.2) is 42.6 Å². The van der Waals surface area contributed by atoms with Crippen molar-refractivity contribution < 1.29 is 22.6 Å². The molecule has 4 rings (SSSR count). The van der Waals surface area contributed by atoms with Crippen LogP contribution in [0.25, 0.3) is 10.9 Å². The minimum absolute atomic E-state index is 0.344. The first-order valence-electron chi connectivity index (χ1n) is 10.00. The number of para-hydroxylation sites is 1. The molecule has 4 nitrogen and oxygen atoms in total. The number of nitrogens with one attached hydrogen (secondary N) is 1. The Kier molecular flexibility index (Phi) is 5.64. The van der Waals surface area contributed by atoms with Gasteiger partial charge in [0.15, 0.2) is 11.5 Å². The van der Waals surface area contributed by atoms with Crippen LogP contribution in [-0.4, -0.2) is 43.4 Å². The highest BCUT2D eigenvalue weighted by Gasteiger charge is 2.37. The summed E-state index contributed by atoms with van der Waals surface area (Å²) in [4.78, 5) is 4.79. The summed E-state index contributed by atoms with van der Waals surface area (Å²) < 4.78 is 50.7. The fraction of sp³-hybridized carbons (Fsp3) is 0.391. The van der Waals surface area contributed by atoms with Gasteiger partial charge in [0.25, 0.3) is 0 Å². The van der Waals surface area contributed by atoms with E-state index < -0.39 is 12.7 Å². The molecule has 0 unspecified atom stereocenters. The van der Waals surface area contributed by atoms with E-state index in [-0.39, 0.29) is 6.04 Å². The van der Waals surface area contributed by atoms with Crippen LogP contribution in [0.4, 0.5) is 13.2 Å². The van der Waals surface area contributed by atoms with Crippen molar-refractivity contribution in [2.24, 2.45) is 0 Å². The van der Waals surface area contributed by atoms with E-state index in [0.29, 0.717) is 37.3 Å². The van der Waals surface area contributed by atoms with E-state index in [1.54, 1.807) is 19.1 Å². The molecule has 0 amide bonds. The van der Waals surface area contributed by atoms with Gasteiger partial charge in [-0.3, -0.25) is 4.90 Å². The molecule has 1 aliphatic heterocycles. The number of fused-ring (bicyclic) bond motifs is 2. The molecular weight excluding hydrogens is 393 g/mol. The summed E-state index contributed by atoms with van der Waals surface area (Å²) in [5.41, 5.74) is 4.07. The summed E-state index contributed by atoms with van der Waals surface area (Å²) in [7, 11) is 3.11. The molecule has 0 saturated carbocycles. The molecule has 1 aromatic heterocycles. The molecular formula is C23H25F3N2O2. The van der Waals surface area contributed by atoms with Gasteiger partial charge in [-0.1, -0.05) is 18.2 Å². The molecule has 30 heavy (non-hydrogen) atoms. The lowest BCUT2D eigenvalue weighted by molar-refractivity contribution is -0.152. The standard InChI is InChI=1S/C23H25F3N2O2/c1-29-21-11-15-9-10-28(14-23(24,25)26)20(18(15)12-22(21)30-2)8-7-16-13-27-19-6-4-3-5-17(16)19/h3-6,11-13,20,27H,7-10,14H2,1-2H3/t20-/m0/s1. The van der Waals surface area contributed by atoms with Crippen molar-refractivity contribution in [1.82, 2.24) is 9.88 Å². The predicted octanol–water partition coefficient (Wildman–Crippen LogP) is 5.28. The van der Waals surface area contributed by atoms with Crippen LogP contribution in [0.2, 0.25) is 0 Å². The molecule has 160 valence electrons. The number of aromatic nitrogens is 1. The summed E-state index contributed by atoms with van der Waals surface area (Å²) in [6.45, 7) is -0.556. The number of aryl methyl sites for hydroxylation is 1. The number of hydrogen-bond acceptors (Lipinski definition) is 3. The van der Waals surface area contributed by atoms with Crippen molar-refractivity contribution in [3.05, 3.63) is 59.3 Å². The molecule has 0 bridgehead atoms. The number of benzene rings is 2. The SMILES string of the molecule is COc1cc2c(cc1OC)[C@H](CCc1c[nH]c3ccccc13)N(CC(F)(F)F)CC2. The van der Waals surface area contributed by atoms with Crippen molar-refractivity contribution in [3.8, 4) is 11.5 Å². The largest absolute Gasteiger partial charge is 0.493 e.